The summed E-state index contributed by atoms with van der Waals surface area (Å²) in [6.45, 7) is 0. The average molecular weight is 279 g/mol. The fourth-order valence-corrected chi connectivity index (χ4v) is 3.24. The molecule has 0 unspecified atom stereocenters. The van der Waals surface area contributed by atoms with Gasteiger partial charge >= 0.3 is 0 Å². The second-order valence-corrected chi connectivity index (χ2v) is 6.66. The zero-order valence-electron chi connectivity index (χ0n) is 10.0. The summed E-state index contributed by atoms with van der Waals surface area (Å²) in [5.41, 5.74) is 7.34. The summed E-state index contributed by atoms with van der Waals surface area (Å²) < 4.78 is 28.0. The molecule has 0 aliphatic carbocycles. The minimum Gasteiger partial charge on any atom is -0.488 e. The number of aromatic nitrogens is 2. The molecule has 0 spiro atoms. The summed E-state index contributed by atoms with van der Waals surface area (Å²) in [7, 11) is -2.89. The number of sulfone groups is 1. The third-order valence-electron chi connectivity index (χ3n) is 3.02. The summed E-state index contributed by atoms with van der Waals surface area (Å²) in [6.07, 6.45) is 1.34. The largest absolute Gasteiger partial charge is 0.488 e. The van der Waals surface area contributed by atoms with Gasteiger partial charge in [0.1, 0.15) is 17.7 Å². The molecule has 19 heavy (non-hydrogen) atoms. The van der Waals surface area contributed by atoms with E-state index in [0.29, 0.717) is 11.6 Å². The Hall–Kier alpha value is -2.02. The summed E-state index contributed by atoms with van der Waals surface area (Å²) in [4.78, 5) is 0. The minimum absolute atomic E-state index is 0.0716. The molecule has 3 rings (SSSR count). The predicted molar refractivity (Wildman–Crippen MR) is 71.5 cm³/mol. The minimum atomic E-state index is -2.89. The van der Waals surface area contributed by atoms with Crippen LogP contribution in [0.1, 0.15) is 0 Å². The molecule has 1 aliphatic rings. The van der Waals surface area contributed by atoms with Crippen molar-refractivity contribution in [3.8, 4) is 16.9 Å². The molecule has 2 heterocycles. The van der Waals surface area contributed by atoms with Gasteiger partial charge in [-0.3, -0.25) is 5.10 Å². The number of hydrogen-bond acceptors (Lipinski definition) is 5. The molecule has 1 aromatic heterocycles. The molecule has 7 heteroatoms. The molecular formula is C12H13N3O3S. The van der Waals surface area contributed by atoms with Gasteiger partial charge in [-0.1, -0.05) is 18.2 Å². The highest BCUT2D eigenvalue weighted by atomic mass is 32.2. The number of benzene rings is 1. The number of hydrogen-bond donors (Lipinski definition) is 2. The SMILES string of the molecule is Nc1[nH]ncc1-c1ccccc1OC1CS(=O)(=O)C1. The van der Waals surface area contributed by atoms with Crippen molar-refractivity contribution >= 4 is 15.7 Å². The number of ether oxygens (including phenoxy) is 1. The lowest BCUT2D eigenvalue weighted by atomic mass is 10.1. The number of nitrogens with zero attached hydrogens (tertiary/aromatic N) is 1. The molecular weight excluding hydrogens is 266 g/mol. The van der Waals surface area contributed by atoms with Crippen molar-refractivity contribution in [1.29, 1.82) is 0 Å². The second-order valence-electron chi connectivity index (χ2n) is 4.51. The fraction of sp³-hybridized carbons (Fsp3) is 0.250. The first-order chi connectivity index (χ1) is 9.05. The highest BCUT2D eigenvalue weighted by Crippen LogP contribution is 2.34. The number of anilines is 1. The lowest BCUT2D eigenvalue weighted by molar-refractivity contribution is 0.231. The van der Waals surface area contributed by atoms with Gasteiger partial charge in [-0.25, -0.2) is 8.42 Å². The van der Waals surface area contributed by atoms with E-state index in [-0.39, 0.29) is 17.6 Å². The van der Waals surface area contributed by atoms with E-state index < -0.39 is 9.84 Å². The van der Waals surface area contributed by atoms with Gasteiger partial charge in [0.25, 0.3) is 0 Å². The normalized spacial score (nSPS) is 17.9. The smallest absolute Gasteiger partial charge is 0.157 e. The monoisotopic (exact) mass is 279 g/mol. The van der Waals surface area contributed by atoms with Crippen molar-refractivity contribution in [2.75, 3.05) is 17.2 Å². The lowest BCUT2D eigenvalue weighted by Gasteiger charge is -2.27. The van der Waals surface area contributed by atoms with Crippen LogP contribution in [0, 0.1) is 0 Å². The molecule has 2 aromatic rings. The van der Waals surface area contributed by atoms with Crippen LogP contribution in [0.5, 0.6) is 5.75 Å². The van der Waals surface area contributed by atoms with Gasteiger partial charge in [-0.2, -0.15) is 5.10 Å². The van der Waals surface area contributed by atoms with Crippen LogP contribution in [0.15, 0.2) is 30.5 Å². The number of para-hydroxylation sites is 1. The Morgan fingerprint density at radius 1 is 1.26 bits per heavy atom. The molecule has 0 saturated carbocycles. The Morgan fingerprint density at radius 3 is 2.63 bits per heavy atom. The van der Waals surface area contributed by atoms with Gasteiger partial charge < -0.3 is 10.5 Å². The van der Waals surface area contributed by atoms with Crippen LogP contribution in [-0.2, 0) is 9.84 Å². The van der Waals surface area contributed by atoms with Gasteiger partial charge in [0.15, 0.2) is 9.84 Å². The maximum absolute atomic E-state index is 11.1. The number of nitrogen functional groups attached to an aromatic ring is 1. The molecule has 0 bridgehead atoms. The fourth-order valence-electron chi connectivity index (χ4n) is 2.07. The quantitative estimate of drug-likeness (QED) is 0.867. The first-order valence-corrected chi connectivity index (χ1v) is 7.62. The predicted octanol–water partition coefficient (Wildman–Crippen LogP) is 0.835. The van der Waals surface area contributed by atoms with Crippen LogP contribution >= 0.6 is 0 Å². The van der Waals surface area contributed by atoms with Gasteiger partial charge in [-0.15, -0.1) is 0 Å². The highest BCUT2D eigenvalue weighted by molar-refractivity contribution is 7.92. The molecule has 100 valence electrons. The Morgan fingerprint density at radius 2 is 2.00 bits per heavy atom. The highest BCUT2D eigenvalue weighted by Gasteiger charge is 2.35. The van der Waals surface area contributed by atoms with Crippen molar-refractivity contribution in [3.63, 3.8) is 0 Å². The maximum Gasteiger partial charge on any atom is 0.157 e. The number of aromatic amines is 1. The van der Waals surface area contributed by atoms with Crippen LogP contribution in [-0.4, -0.2) is 36.2 Å². The van der Waals surface area contributed by atoms with E-state index >= 15 is 0 Å². The molecule has 0 amide bonds. The third-order valence-corrected chi connectivity index (χ3v) is 4.78. The van der Waals surface area contributed by atoms with E-state index in [4.69, 9.17) is 10.5 Å². The molecule has 0 radical (unpaired) electrons. The van der Waals surface area contributed by atoms with Crippen LogP contribution in [0.2, 0.25) is 0 Å². The van der Waals surface area contributed by atoms with E-state index in [9.17, 15) is 8.42 Å². The van der Waals surface area contributed by atoms with E-state index in [1.165, 1.54) is 0 Å². The first kappa shape index (κ1) is 12.0. The summed E-state index contributed by atoms with van der Waals surface area (Å²) in [5, 5.41) is 6.54. The Kier molecular flexibility index (Phi) is 2.70. The molecule has 1 aliphatic heterocycles. The van der Waals surface area contributed by atoms with Crippen LogP contribution < -0.4 is 10.5 Å². The van der Waals surface area contributed by atoms with E-state index in [2.05, 4.69) is 10.2 Å². The molecule has 3 N–H and O–H groups in total. The van der Waals surface area contributed by atoms with Crippen molar-refractivity contribution in [1.82, 2.24) is 10.2 Å². The van der Waals surface area contributed by atoms with Gasteiger partial charge in [-0.05, 0) is 6.07 Å². The number of H-pyrrole nitrogens is 1. The zero-order valence-corrected chi connectivity index (χ0v) is 10.9. The van der Waals surface area contributed by atoms with E-state index in [1.54, 1.807) is 12.3 Å². The molecule has 1 aromatic carbocycles. The Bertz CT molecular complexity index is 697. The van der Waals surface area contributed by atoms with Crippen LogP contribution in [0.4, 0.5) is 5.82 Å². The van der Waals surface area contributed by atoms with Crippen LogP contribution in [0.3, 0.4) is 0 Å². The number of nitrogens with one attached hydrogen (secondary N) is 1. The summed E-state index contributed by atoms with van der Waals surface area (Å²) >= 11 is 0. The molecule has 1 fully saturated rings. The van der Waals surface area contributed by atoms with Crippen molar-refractivity contribution in [3.05, 3.63) is 30.5 Å². The summed E-state index contributed by atoms with van der Waals surface area (Å²) in [6, 6.07) is 7.37. The van der Waals surface area contributed by atoms with Crippen LogP contribution in [0.25, 0.3) is 11.1 Å². The topological polar surface area (TPSA) is 98.1 Å². The van der Waals surface area contributed by atoms with Gasteiger partial charge in [0, 0.05) is 11.1 Å². The van der Waals surface area contributed by atoms with Crippen molar-refractivity contribution in [2.24, 2.45) is 0 Å². The van der Waals surface area contributed by atoms with Gasteiger partial charge in [0.05, 0.1) is 17.7 Å². The molecule has 1 saturated heterocycles. The number of nitrogens with two attached hydrogens (primary N) is 1. The van der Waals surface area contributed by atoms with Gasteiger partial charge in [0.2, 0.25) is 0 Å². The summed E-state index contributed by atoms with van der Waals surface area (Å²) in [5.74, 6) is 1.22. The standard InChI is InChI=1S/C12H13N3O3S/c13-12-10(5-14-15-12)9-3-1-2-4-11(9)18-8-6-19(16,17)7-8/h1-5,8H,6-7H2,(H3,13,14,15). The van der Waals surface area contributed by atoms with Crippen molar-refractivity contribution < 1.29 is 13.2 Å². The Balaban J connectivity index is 1.89. The number of rotatable bonds is 3. The maximum atomic E-state index is 11.1. The second kappa shape index (κ2) is 4.27. The molecule has 0 atom stereocenters. The first-order valence-electron chi connectivity index (χ1n) is 5.80. The zero-order chi connectivity index (χ0) is 13.5. The van der Waals surface area contributed by atoms with E-state index in [0.717, 1.165) is 11.1 Å². The lowest BCUT2D eigenvalue weighted by Crippen LogP contribution is -2.45. The average Bonchev–Trinajstić information content (AvgIpc) is 2.74. The molecule has 6 nitrogen and oxygen atoms in total. The van der Waals surface area contributed by atoms with Crippen molar-refractivity contribution in [2.45, 2.75) is 6.10 Å². The Labute approximate surface area is 110 Å². The third kappa shape index (κ3) is 2.28. The van der Waals surface area contributed by atoms with E-state index in [1.807, 2.05) is 18.2 Å².